The highest BCUT2D eigenvalue weighted by atomic mass is 32.2. The molecule has 1 saturated carbocycles. The van der Waals surface area contributed by atoms with Gasteiger partial charge in [0.25, 0.3) is 0 Å². The predicted molar refractivity (Wildman–Crippen MR) is 65.1 cm³/mol. The van der Waals surface area contributed by atoms with Crippen LogP contribution in [0, 0.1) is 5.92 Å². The minimum absolute atomic E-state index is 0.294. The summed E-state index contributed by atoms with van der Waals surface area (Å²) in [6.07, 6.45) is 5.75. The number of ether oxygens (including phenoxy) is 1. The lowest BCUT2D eigenvalue weighted by Crippen LogP contribution is -2.50. The Bertz CT molecular complexity index is 241. The first-order chi connectivity index (χ1) is 7.30. The van der Waals surface area contributed by atoms with Crippen molar-refractivity contribution in [2.75, 3.05) is 11.5 Å². The summed E-state index contributed by atoms with van der Waals surface area (Å²) in [7, 11) is 0. The molecule has 0 aromatic carbocycles. The summed E-state index contributed by atoms with van der Waals surface area (Å²) in [6.45, 7) is 0. The van der Waals surface area contributed by atoms with Crippen molar-refractivity contribution in [1.82, 2.24) is 0 Å². The zero-order valence-electron chi connectivity index (χ0n) is 8.85. The van der Waals surface area contributed by atoms with E-state index < -0.39 is 6.29 Å². The van der Waals surface area contributed by atoms with E-state index in [1.807, 2.05) is 0 Å². The van der Waals surface area contributed by atoms with Crippen molar-refractivity contribution in [3.05, 3.63) is 0 Å². The Hall–Kier alpha value is 0.620. The molecule has 0 aromatic rings. The number of rotatable bonds is 0. The first kappa shape index (κ1) is 10.8. The van der Waals surface area contributed by atoms with Crippen LogP contribution in [0.5, 0.6) is 0 Å². The quantitative estimate of drug-likeness (QED) is 0.711. The van der Waals surface area contributed by atoms with E-state index in [0.29, 0.717) is 16.1 Å². The first-order valence-corrected chi connectivity index (χ1v) is 7.89. The SMILES string of the molecule is OC1CC2(SCCS2)[C@H]2CCCC[C@@H]2O1. The standard InChI is InChI=1S/C11H18O2S2/c12-10-7-11(14-5-6-15-11)8-3-1-2-4-9(8)13-10/h8-10,12H,1-7H2/t8-,9-,10?/m0/s1. The third-order valence-electron chi connectivity index (χ3n) is 3.83. The van der Waals surface area contributed by atoms with Crippen LogP contribution in [0.25, 0.3) is 0 Å². The molecule has 0 amide bonds. The van der Waals surface area contributed by atoms with E-state index in [2.05, 4.69) is 23.5 Å². The van der Waals surface area contributed by atoms with Gasteiger partial charge in [0.2, 0.25) is 0 Å². The fourth-order valence-corrected chi connectivity index (χ4v) is 6.89. The average molecular weight is 246 g/mol. The summed E-state index contributed by atoms with van der Waals surface area (Å²) in [5.41, 5.74) is 0. The van der Waals surface area contributed by atoms with Gasteiger partial charge in [0.15, 0.2) is 6.29 Å². The molecular formula is C11H18O2S2. The molecule has 2 saturated heterocycles. The van der Waals surface area contributed by atoms with E-state index in [1.54, 1.807) is 0 Å². The maximum atomic E-state index is 9.82. The van der Waals surface area contributed by atoms with Crippen LogP contribution in [0.3, 0.4) is 0 Å². The molecule has 2 heterocycles. The lowest BCUT2D eigenvalue weighted by Gasteiger charge is -2.48. The molecule has 1 N–H and O–H groups in total. The predicted octanol–water partition coefficient (Wildman–Crippen LogP) is 2.46. The Labute approximate surface area is 99.5 Å². The van der Waals surface area contributed by atoms with Gasteiger partial charge in [-0.25, -0.2) is 0 Å². The molecule has 0 aromatic heterocycles. The topological polar surface area (TPSA) is 29.5 Å². The van der Waals surface area contributed by atoms with E-state index in [1.165, 1.54) is 30.8 Å². The maximum absolute atomic E-state index is 9.82. The Kier molecular flexibility index (Phi) is 2.96. The van der Waals surface area contributed by atoms with Crippen LogP contribution in [-0.2, 0) is 4.74 Å². The van der Waals surface area contributed by atoms with Crippen LogP contribution >= 0.6 is 23.5 Å². The molecule has 0 bridgehead atoms. The number of thioether (sulfide) groups is 2. The van der Waals surface area contributed by atoms with Gasteiger partial charge in [-0.3, -0.25) is 0 Å². The fourth-order valence-electron chi connectivity index (χ4n) is 3.21. The number of fused-ring (bicyclic) bond motifs is 2. The Morgan fingerprint density at radius 2 is 1.87 bits per heavy atom. The van der Waals surface area contributed by atoms with Crippen molar-refractivity contribution in [2.24, 2.45) is 5.92 Å². The fraction of sp³-hybridized carbons (Fsp3) is 1.00. The van der Waals surface area contributed by atoms with Gasteiger partial charge in [0, 0.05) is 23.8 Å². The normalized spacial score (nSPS) is 44.2. The van der Waals surface area contributed by atoms with Crippen LogP contribution in [0.15, 0.2) is 0 Å². The average Bonchev–Trinajstić information content (AvgIpc) is 2.67. The molecule has 86 valence electrons. The van der Waals surface area contributed by atoms with Crippen molar-refractivity contribution < 1.29 is 9.84 Å². The van der Waals surface area contributed by atoms with Crippen molar-refractivity contribution in [3.8, 4) is 0 Å². The summed E-state index contributed by atoms with van der Waals surface area (Å²) in [4.78, 5) is 0. The van der Waals surface area contributed by atoms with E-state index in [0.717, 1.165) is 12.8 Å². The molecule has 4 heteroatoms. The van der Waals surface area contributed by atoms with Crippen LogP contribution in [0.1, 0.15) is 32.1 Å². The molecule has 1 aliphatic carbocycles. The molecule has 3 fully saturated rings. The second-order valence-corrected chi connectivity index (χ2v) is 7.84. The van der Waals surface area contributed by atoms with Crippen LogP contribution in [0.2, 0.25) is 0 Å². The molecule has 0 radical (unpaired) electrons. The van der Waals surface area contributed by atoms with Gasteiger partial charge in [-0.15, -0.1) is 23.5 Å². The second-order valence-electron chi connectivity index (χ2n) is 4.73. The zero-order chi connectivity index (χ0) is 10.3. The van der Waals surface area contributed by atoms with Gasteiger partial charge in [-0.1, -0.05) is 12.8 Å². The number of hydrogen-bond acceptors (Lipinski definition) is 4. The van der Waals surface area contributed by atoms with Crippen LogP contribution in [0.4, 0.5) is 0 Å². The summed E-state index contributed by atoms with van der Waals surface area (Å²) in [6, 6.07) is 0. The van der Waals surface area contributed by atoms with Gasteiger partial charge >= 0.3 is 0 Å². The molecule has 3 rings (SSSR count). The highest BCUT2D eigenvalue weighted by Crippen LogP contribution is 2.58. The lowest BCUT2D eigenvalue weighted by atomic mass is 9.81. The molecule has 2 nitrogen and oxygen atoms in total. The Morgan fingerprint density at radius 1 is 1.13 bits per heavy atom. The zero-order valence-corrected chi connectivity index (χ0v) is 10.5. The summed E-state index contributed by atoms with van der Waals surface area (Å²) < 4.78 is 6.00. The van der Waals surface area contributed by atoms with Crippen LogP contribution in [-0.4, -0.2) is 33.1 Å². The molecule has 2 aliphatic heterocycles. The maximum Gasteiger partial charge on any atom is 0.157 e. The number of aliphatic hydroxyl groups is 1. The largest absolute Gasteiger partial charge is 0.368 e. The van der Waals surface area contributed by atoms with Gasteiger partial charge < -0.3 is 9.84 Å². The second kappa shape index (κ2) is 4.13. The van der Waals surface area contributed by atoms with Gasteiger partial charge in [-0.2, -0.15) is 0 Å². The van der Waals surface area contributed by atoms with Gasteiger partial charge in [0.1, 0.15) is 0 Å². The molecule has 3 aliphatic rings. The highest BCUT2D eigenvalue weighted by Gasteiger charge is 2.52. The summed E-state index contributed by atoms with van der Waals surface area (Å²) >= 11 is 4.16. The van der Waals surface area contributed by atoms with Crippen molar-refractivity contribution in [1.29, 1.82) is 0 Å². The third kappa shape index (κ3) is 1.84. The molecule has 3 atom stereocenters. The van der Waals surface area contributed by atoms with E-state index >= 15 is 0 Å². The first-order valence-electron chi connectivity index (χ1n) is 5.92. The minimum atomic E-state index is -0.512. The van der Waals surface area contributed by atoms with Gasteiger partial charge in [0.05, 0.1) is 10.2 Å². The van der Waals surface area contributed by atoms with E-state index in [-0.39, 0.29) is 0 Å². The highest BCUT2D eigenvalue weighted by molar-refractivity contribution is 8.21. The van der Waals surface area contributed by atoms with Crippen molar-refractivity contribution >= 4 is 23.5 Å². The lowest BCUT2D eigenvalue weighted by molar-refractivity contribution is -0.191. The summed E-state index contributed by atoms with van der Waals surface area (Å²) in [5.74, 6) is 3.19. The van der Waals surface area contributed by atoms with Gasteiger partial charge in [-0.05, 0) is 12.8 Å². The molecule has 1 spiro atoms. The molecule has 15 heavy (non-hydrogen) atoms. The van der Waals surface area contributed by atoms with Crippen molar-refractivity contribution in [3.63, 3.8) is 0 Å². The Balaban J connectivity index is 1.84. The van der Waals surface area contributed by atoms with E-state index in [4.69, 9.17) is 4.74 Å². The summed E-state index contributed by atoms with van der Waals surface area (Å²) in [5, 5.41) is 9.82. The minimum Gasteiger partial charge on any atom is -0.368 e. The number of aliphatic hydroxyl groups excluding tert-OH is 1. The molecule has 1 unspecified atom stereocenters. The van der Waals surface area contributed by atoms with Crippen LogP contribution < -0.4 is 0 Å². The number of hydrogen-bond donors (Lipinski definition) is 1. The Morgan fingerprint density at radius 3 is 2.67 bits per heavy atom. The molecular weight excluding hydrogens is 228 g/mol. The van der Waals surface area contributed by atoms with Crippen molar-refractivity contribution in [2.45, 2.75) is 48.6 Å². The monoisotopic (exact) mass is 246 g/mol. The third-order valence-corrected chi connectivity index (χ3v) is 7.53. The van der Waals surface area contributed by atoms with E-state index in [9.17, 15) is 5.11 Å². The smallest absolute Gasteiger partial charge is 0.157 e.